The van der Waals surface area contributed by atoms with Crippen LogP contribution in [0.3, 0.4) is 0 Å². The summed E-state index contributed by atoms with van der Waals surface area (Å²) < 4.78 is 31.9. The summed E-state index contributed by atoms with van der Waals surface area (Å²) in [5.74, 6) is -0.914. The van der Waals surface area contributed by atoms with Crippen LogP contribution in [0.5, 0.6) is 0 Å². The normalized spacial score (nSPS) is 14.4. The van der Waals surface area contributed by atoms with Gasteiger partial charge in [0.2, 0.25) is 0 Å². The van der Waals surface area contributed by atoms with Crippen molar-refractivity contribution in [3.63, 3.8) is 0 Å². The molecule has 0 saturated heterocycles. The fourth-order valence-corrected chi connectivity index (χ4v) is 3.62. The summed E-state index contributed by atoms with van der Waals surface area (Å²) in [6.45, 7) is 3.25. The van der Waals surface area contributed by atoms with Gasteiger partial charge < -0.3 is 20.1 Å². The number of carbonyl (C=O) groups is 2. The number of hydrogen-bond acceptors (Lipinski definition) is 8. The monoisotopic (exact) mass is 531 g/mol. The van der Waals surface area contributed by atoms with Gasteiger partial charge in [-0.3, -0.25) is 18.6 Å². The van der Waals surface area contributed by atoms with Crippen LogP contribution in [0.1, 0.15) is 84.5 Å². The van der Waals surface area contributed by atoms with Gasteiger partial charge in [-0.15, -0.1) is 0 Å². The third-order valence-electron chi connectivity index (χ3n) is 4.79. The predicted octanol–water partition coefficient (Wildman–Crippen LogP) is 5.53. The van der Waals surface area contributed by atoms with Gasteiger partial charge in [-0.05, 0) is 44.9 Å². The van der Waals surface area contributed by atoms with E-state index in [4.69, 9.17) is 19.7 Å². The summed E-state index contributed by atoms with van der Waals surface area (Å²) in [7, 11) is -4.35. The molecule has 0 aliphatic heterocycles. The van der Waals surface area contributed by atoms with E-state index in [0.29, 0.717) is 12.8 Å². The third kappa shape index (κ3) is 22.7. The molecule has 0 radical (unpaired) electrons. The third-order valence-corrected chi connectivity index (χ3v) is 5.77. The number of ether oxygens (including phenoxy) is 2. The lowest BCUT2D eigenvalue weighted by atomic mass is 10.1. The summed E-state index contributed by atoms with van der Waals surface area (Å²) >= 11 is 0. The molecule has 0 aromatic heterocycles. The van der Waals surface area contributed by atoms with Crippen LogP contribution in [0.4, 0.5) is 0 Å². The molecule has 0 rings (SSSR count). The topological polar surface area (TPSA) is 134 Å². The number of rotatable bonds is 23. The van der Waals surface area contributed by atoms with Gasteiger partial charge in [0.05, 0.1) is 13.2 Å². The molecule has 36 heavy (non-hydrogen) atoms. The zero-order chi connectivity index (χ0) is 26.9. The van der Waals surface area contributed by atoms with E-state index in [1.807, 2.05) is 6.92 Å². The second-order valence-corrected chi connectivity index (χ2v) is 9.63. The van der Waals surface area contributed by atoms with Crippen LogP contribution in [0, 0.1) is 0 Å². The van der Waals surface area contributed by atoms with Crippen LogP contribution in [0.15, 0.2) is 36.5 Å². The molecule has 0 bridgehead atoms. The van der Waals surface area contributed by atoms with Crippen molar-refractivity contribution in [2.75, 3.05) is 26.4 Å². The maximum Gasteiger partial charge on any atom is 0.472 e. The first-order valence-corrected chi connectivity index (χ1v) is 14.5. The molecule has 3 N–H and O–H groups in total. The van der Waals surface area contributed by atoms with Crippen LogP contribution in [0.25, 0.3) is 0 Å². The van der Waals surface area contributed by atoms with Crippen molar-refractivity contribution in [1.29, 1.82) is 0 Å². The second kappa shape index (κ2) is 23.6. The fraction of sp³-hybridized carbons (Fsp3) is 0.692. The quantitative estimate of drug-likeness (QED) is 0.0755. The fourth-order valence-electron chi connectivity index (χ4n) is 2.86. The highest BCUT2D eigenvalue weighted by atomic mass is 31.2. The standard InChI is InChI=1S/C26H46NO8P/c1-3-5-7-8-9-10-11-12-13-14-15-16-17-19-26(29)35-24(22-32-25(28)18-6-4-2)23-34-36(30,31)33-21-20-27/h5,7,9-10,12-13,24H,3-4,6,8,11,14-23,27H2,1-2H3,(H,30,31)/b7-5-,10-9-,13-12-. The van der Waals surface area contributed by atoms with E-state index >= 15 is 0 Å². The molecule has 10 heteroatoms. The molecule has 0 aliphatic carbocycles. The second-order valence-electron chi connectivity index (χ2n) is 8.18. The molecule has 0 fully saturated rings. The van der Waals surface area contributed by atoms with Gasteiger partial charge in [0, 0.05) is 19.4 Å². The molecule has 2 atom stereocenters. The van der Waals surface area contributed by atoms with E-state index in [0.717, 1.165) is 44.9 Å². The van der Waals surface area contributed by atoms with E-state index < -0.39 is 32.5 Å². The molecule has 0 spiro atoms. The molecule has 2 unspecified atom stereocenters. The Morgan fingerprint density at radius 1 is 0.861 bits per heavy atom. The lowest BCUT2D eigenvalue weighted by Gasteiger charge is -2.19. The predicted molar refractivity (Wildman–Crippen MR) is 141 cm³/mol. The Labute approximate surface area is 216 Å². The summed E-state index contributed by atoms with van der Waals surface area (Å²) in [5.41, 5.74) is 5.25. The Kier molecular flexibility index (Phi) is 22.5. The Bertz CT molecular complexity index is 708. The number of allylic oxidation sites excluding steroid dienone is 6. The zero-order valence-electron chi connectivity index (χ0n) is 22.0. The van der Waals surface area contributed by atoms with Crippen LogP contribution in [-0.4, -0.2) is 49.3 Å². The number of esters is 2. The van der Waals surface area contributed by atoms with Crippen LogP contribution >= 0.6 is 7.82 Å². The molecule has 0 aromatic carbocycles. The SMILES string of the molecule is CC/C=C\C/C=C\C/C=C\CCCCCC(=O)OC(COC(=O)CCCC)COP(=O)(O)OCCN. The summed E-state index contributed by atoms with van der Waals surface area (Å²) in [6, 6.07) is 0. The maximum atomic E-state index is 12.2. The van der Waals surface area contributed by atoms with Gasteiger partial charge in [-0.2, -0.15) is 0 Å². The highest BCUT2D eigenvalue weighted by Gasteiger charge is 2.25. The van der Waals surface area contributed by atoms with Crippen LogP contribution < -0.4 is 5.73 Å². The van der Waals surface area contributed by atoms with Crippen LogP contribution in [-0.2, 0) is 32.7 Å². The molecule has 0 aliphatic rings. The largest absolute Gasteiger partial charge is 0.472 e. The Morgan fingerprint density at radius 2 is 1.53 bits per heavy atom. The smallest absolute Gasteiger partial charge is 0.462 e. The number of hydrogen-bond donors (Lipinski definition) is 2. The number of phosphoric acid groups is 1. The average molecular weight is 532 g/mol. The maximum absolute atomic E-state index is 12.2. The van der Waals surface area contributed by atoms with Gasteiger partial charge in [0.1, 0.15) is 6.61 Å². The Hall–Kier alpha value is -1.77. The Morgan fingerprint density at radius 3 is 2.19 bits per heavy atom. The van der Waals surface area contributed by atoms with E-state index in [9.17, 15) is 19.0 Å². The Balaban J connectivity index is 4.31. The van der Waals surface area contributed by atoms with E-state index in [1.165, 1.54) is 0 Å². The van der Waals surface area contributed by atoms with Crippen molar-refractivity contribution in [3.8, 4) is 0 Å². The molecule has 9 nitrogen and oxygen atoms in total. The first kappa shape index (κ1) is 34.2. The van der Waals surface area contributed by atoms with E-state index in [2.05, 4.69) is 47.9 Å². The molecular formula is C26H46NO8P. The summed E-state index contributed by atoms with van der Waals surface area (Å²) in [4.78, 5) is 33.7. The van der Waals surface area contributed by atoms with Crippen LogP contribution in [0.2, 0.25) is 0 Å². The minimum atomic E-state index is -4.35. The summed E-state index contributed by atoms with van der Waals surface area (Å²) in [5, 5.41) is 0. The number of unbranched alkanes of at least 4 members (excludes halogenated alkanes) is 4. The molecule has 0 heterocycles. The zero-order valence-corrected chi connectivity index (χ0v) is 22.9. The molecule has 0 aromatic rings. The highest BCUT2D eigenvalue weighted by molar-refractivity contribution is 7.47. The molecule has 0 amide bonds. The number of nitrogens with two attached hydrogens (primary N) is 1. The lowest BCUT2D eigenvalue weighted by Crippen LogP contribution is -2.29. The van der Waals surface area contributed by atoms with Crippen molar-refractivity contribution in [2.24, 2.45) is 5.73 Å². The van der Waals surface area contributed by atoms with E-state index in [1.54, 1.807) is 0 Å². The van der Waals surface area contributed by atoms with Crippen molar-refractivity contribution < 1.29 is 37.6 Å². The van der Waals surface area contributed by atoms with Crippen molar-refractivity contribution in [2.45, 2.75) is 90.6 Å². The molecule has 208 valence electrons. The minimum absolute atomic E-state index is 0.0468. The minimum Gasteiger partial charge on any atom is -0.462 e. The number of carbonyl (C=O) groups excluding carboxylic acids is 2. The van der Waals surface area contributed by atoms with Gasteiger partial charge >= 0.3 is 19.8 Å². The molecular weight excluding hydrogens is 485 g/mol. The van der Waals surface area contributed by atoms with Crippen molar-refractivity contribution in [1.82, 2.24) is 0 Å². The first-order valence-electron chi connectivity index (χ1n) is 13.0. The van der Waals surface area contributed by atoms with E-state index in [-0.39, 0.29) is 32.6 Å². The number of phosphoric ester groups is 1. The molecule has 0 saturated carbocycles. The van der Waals surface area contributed by atoms with Gasteiger partial charge in [-0.25, -0.2) is 4.57 Å². The van der Waals surface area contributed by atoms with Crippen molar-refractivity contribution in [3.05, 3.63) is 36.5 Å². The highest BCUT2D eigenvalue weighted by Crippen LogP contribution is 2.43. The van der Waals surface area contributed by atoms with Crippen molar-refractivity contribution >= 4 is 19.8 Å². The lowest BCUT2D eigenvalue weighted by molar-refractivity contribution is -0.161. The van der Waals surface area contributed by atoms with Gasteiger partial charge in [0.25, 0.3) is 0 Å². The average Bonchev–Trinajstić information content (AvgIpc) is 2.86. The van der Waals surface area contributed by atoms with Gasteiger partial charge in [-0.1, -0.05) is 63.1 Å². The van der Waals surface area contributed by atoms with Gasteiger partial charge in [0.15, 0.2) is 6.10 Å². The summed E-state index contributed by atoms with van der Waals surface area (Å²) in [6.07, 6.45) is 20.2. The first-order chi connectivity index (χ1) is 17.3.